The van der Waals surface area contributed by atoms with E-state index in [0.717, 1.165) is 0 Å². The van der Waals surface area contributed by atoms with E-state index in [1.165, 1.54) is 42.5 Å². The molecule has 0 amide bonds. The van der Waals surface area contributed by atoms with Crippen LogP contribution in [-0.2, 0) is 4.74 Å². The standard InChI is InChI=1S/C21H20O10/c22-8-14-16(26)17(27)18(28)21(30-14)31-20-15(25)12-6-5-11(24)7-13(12)29-19(20)9-1-3-10(23)4-2-9/h1-7,14,16-18,21-24,26-28H,8H2. The van der Waals surface area contributed by atoms with Gasteiger partial charge in [0.25, 0.3) is 0 Å². The van der Waals surface area contributed by atoms with Gasteiger partial charge < -0.3 is 44.5 Å². The molecule has 0 aliphatic carbocycles. The van der Waals surface area contributed by atoms with Crippen molar-refractivity contribution in [2.75, 3.05) is 6.61 Å². The molecule has 164 valence electrons. The van der Waals surface area contributed by atoms with E-state index in [4.69, 9.17) is 13.9 Å². The zero-order valence-electron chi connectivity index (χ0n) is 16.0. The lowest BCUT2D eigenvalue weighted by molar-refractivity contribution is -0.277. The van der Waals surface area contributed by atoms with Crippen LogP contribution in [0.4, 0.5) is 0 Å². The maximum atomic E-state index is 13.2. The van der Waals surface area contributed by atoms with E-state index in [0.29, 0.717) is 5.56 Å². The van der Waals surface area contributed by atoms with Crippen LogP contribution in [-0.4, -0.2) is 68.0 Å². The van der Waals surface area contributed by atoms with E-state index in [9.17, 15) is 35.4 Å². The van der Waals surface area contributed by atoms with Crippen LogP contribution in [0, 0.1) is 0 Å². The Kier molecular flexibility index (Phi) is 5.56. The second kappa shape index (κ2) is 8.17. The van der Waals surface area contributed by atoms with Crippen molar-refractivity contribution in [3.63, 3.8) is 0 Å². The molecule has 0 radical (unpaired) electrons. The molecule has 31 heavy (non-hydrogen) atoms. The van der Waals surface area contributed by atoms with Crippen molar-refractivity contribution in [2.24, 2.45) is 0 Å². The number of phenolic OH excluding ortho intramolecular Hbond substituents is 2. The number of hydrogen-bond acceptors (Lipinski definition) is 10. The first-order valence-corrected chi connectivity index (χ1v) is 9.36. The van der Waals surface area contributed by atoms with Crippen LogP contribution in [0.1, 0.15) is 0 Å². The van der Waals surface area contributed by atoms with Gasteiger partial charge in [0.1, 0.15) is 41.5 Å². The third kappa shape index (κ3) is 3.82. The normalized spacial score (nSPS) is 26.1. The van der Waals surface area contributed by atoms with E-state index < -0.39 is 42.7 Å². The number of benzene rings is 2. The molecule has 1 fully saturated rings. The van der Waals surface area contributed by atoms with Crippen molar-refractivity contribution in [3.05, 3.63) is 52.7 Å². The Labute approximate surface area is 174 Å². The van der Waals surface area contributed by atoms with Crippen LogP contribution in [0.15, 0.2) is 51.7 Å². The second-order valence-corrected chi connectivity index (χ2v) is 7.13. The summed E-state index contributed by atoms with van der Waals surface area (Å²) < 4.78 is 16.7. The topological polar surface area (TPSA) is 170 Å². The summed E-state index contributed by atoms with van der Waals surface area (Å²) in [4.78, 5) is 13.2. The van der Waals surface area contributed by atoms with Crippen molar-refractivity contribution in [1.29, 1.82) is 0 Å². The summed E-state index contributed by atoms with van der Waals surface area (Å²) in [5.74, 6) is -0.607. The van der Waals surface area contributed by atoms with Crippen LogP contribution in [0.25, 0.3) is 22.3 Å². The first kappa shape index (κ1) is 21.1. The molecule has 0 spiro atoms. The van der Waals surface area contributed by atoms with Crippen molar-refractivity contribution in [1.82, 2.24) is 0 Å². The van der Waals surface area contributed by atoms with Gasteiger partial charge in [-0.15, -0.1) is 0 Å². The van der Waals surface area contributed by atoms with Crippen LogP contribution in [0.2, 0.25) is 0 Å². The van der Waals surface area contributed by atoms with Gasteiger partial charge in [0, 0.05) is 11.6 Å². The predicted octanol–water partition coefficient (Wildman–Crippen LogP) is 0.0499. The minimum atomic E-state index is -1.74. The van der Waals surface area contributed by atoms with Crippen LogP contribution >= 0.6 is 0 Å². The smallest absolute Gasteiger partial charge is 0.235 e. The van der Waals surface area contributed by atoms with Gasteiger partial charge in [-0.25, -0.2) is 0 Å². The van der Waals surface area contributed by atoms with Crippen molar-refractivity contribution in [3.8, 4) is 28.6 Å². The molecule has 5 unspecified atom stereocenters. The zero-order valence-corrected chi connectivity index (χ0v) is 16.0. The summed E-state index contributed by atoms with van der Waals surface area (Å²) >= 11 is 0. The number of aromatic hydroxyl groups is 2. The third-order valence-corrected chi connectivity index (χ3v) is 5.05. The van der Waals surface area contributed by atoms with Crippen molar-refractivity contribution in [2.45, 2.75) is 30.7 Å². The molecule has 0 saturated carbocycles. The van der Waals surface area contributed by atoms with Crippen LogP contribution in [0.3, 0.4) is 0 Å². The van der Waals surface area contributed by atoms with Crippen LogP contribution in [0.5, 0.6) is 17.2 Å². The summed E-state index contributed by atoms with van der Waals surface area (Å²) in [6, 6.07) is 9.51. The summed E-state index contributed by atoms with van der Waals surface area (Å²) in [7, 11) is 0. The molecule has 10 heteroatoms. The summed E-state index contributed by atoms with van der Waals surface area (Å²) in [6.07, 6.45) is -7.86. The Morgan fingerprint density at radius 2 is 1.58 bits per heavy atom. The molecule has 4 rings (SSSR count). The average molecular weight is 432 g/mol. The van der Waals surface area contributed by atoms with Gasteiger partial charge in [-0.1, -0.05) is 0 Å². The lowest BCUT2D eigenvalue weighted by Gasteiger charge is -2.39. The van der Waals surface area contributed by atoms with E-state index in [1.807, 2.05) is 0 Å². The predicted molar refractivity (Wildman–Crippen MR) is 106 cm³/mol. The fraction of sp³-hybridized carbons (Fsp3) is 0.286. The zero-order chi connectivity index (χ0) is 22.3. The van der Waals surface area contributed by atoms with E-state index in [-0.39, 0.29) is 34.0 Å². The molecule has 1 saturated heterocycles. The van der Waals surface area contributed by atoms with Crippen molar-refractivity contribution >= 4 is 11.0 Å². The summed E-state index contributed by atoms with van der Waals surface area (Å²) in [6.45, 7) is -0.665. The highest BCUT2D eigenvalue weighted by Crippen LogP contribution is 2.34. The summed E-state index contributed by atoms with van der Waals surface area (Å²) in [5.41, 5.74) is -0.254. The number of fused-ring (bicyclic) bond motifs is 1. The first-order valence-electron chi connectivity index (χ1n) is 9.36. The highest BCUT2D eigenvalue weighted by atomic mass is 16.7. The van der Waals surface area contributed by atoms with Crippen LogP contribution < -0.4 is 10.2 Å². The van der Waals surface area contributed by atoms with E-state index in [1.54, 1.807) is 0 Å². The lowest BCUT2D eigenvalue weighted by atomic mass is 9.99. The van der Waals surface area contributed by atoms with E-state index in [2.05, 4.69) is 0 Å². The number of hydrogen-bond donors (Lipinski definition) is 6. The molecule has 2 aromatic carbocycles. The molecular formula is C21H20O10. The Hall–Kier alpha value is -3.15. The quantitative estimate of drug-likeness (QED) is 0.331. The Bertz CT molecular complexity index is 1140. The van der Waals surface area contributed by atoms with Gasteiger partial charge in [0.15, 0.2) is 5.76 Å². The first-order chi connectivity index (χ1) is 14.8. The SMILES string of the molecule is O=c1c(OC2OC(CO)C(O)C(O)C2O)c(-c2ccc(O)cc2)oc2cc(O)ccc12. The number of phenols is 2. The maximum Gasteiger partial charge on any atom is 0.235 e. The molecular weight excluding hydrogens is 412 g/mol. The van der Waals surface area contributed by atoms with Gasteiger partial charge in [0.05, 0.1) is 12.0 Å². The molecule has 1 aliphatic heterocycles. The summed E-state index contributed by atoms with van der Waals surface area (Å²) in [5, 5.41) is 59.0. The van der Waals surface area contributed by atoms with Gasteiger partial charge in [0.2, 0.25) is 17.5 Å². The Balaban J connectivity index is 1.85. The van der Waals surface area contributed by atoms with Gasteiger partial charge in [-0.2, -0.15) is 0 Å². The van der Waals surface area contributed by atoms with Crippen molar-refractivity contribution < 1.29 is 44.5 Å². The Morgan fingerprint density at radius 1 is 0.903 bits per heavy atom. The maximum absolute atomic E-state index is 13.2. The lowest BCUT2D eigenvalue weighted by Crippen LogP contribution is -2.60. The average Bonchev–Trinajstić information content (AvgIpc) is 2.76. The molecule has 1 aliphatic rings. The van der Waals surface area contributed by atoms with Gasteiger partial charge in [-0.3, -0.25) is 4.79 Å². The molecule has 6 N–H and O–H groups in total. The molecule has 1 aromatic heterocycles. The highest BCUT2D eigenvalue weighted by Gasteiger charge is 2.45. The molecule has 0 bridgehead atoms. The highest BCUT2D eigenvalue weighted by molar-refractivity contribution is 5.83. The van der Waals surface area contributed by atoms with Gasteiger partial charge in [-0.05, 0) is 36.4 Å². The molecule has 5 atom stereocenters. The minimum absolute atomic E-state index is 0.0269. The van der Waals surface area contributed by atoms with Gasteiger partial charge >= 0.3 is 0 Å². The number of rotatable bonds is 4. The Morgan fingerprint density at radius 3 is 2.26 bits per heavy atom. The minimum Gasteiger partial charge on any atom is -0.508 e. The molecule has 10 nitrogen and oxygen atoms in total. The van der Waals surface area contributed by atoms with E-state index >= 15 is 0 Å². The fourth-order valence-electron chi connectivity index (χ4n) is 3.36. The second-order valence-electron chi connectivity index (χ2n) is 7.13. The monoisotopic (exact) mass is 432 g/mol. The number of aliphatic hydroxyl groups excluding tert-OH is 4. The largest absolute Gasteiger partial charge is 0.508 e. The molecule has 2 heterocycles. The number of ether oxygens (including phenoxy) is 2. The fourth-order valence-corrected chi connectivity index (χ4v) is 3.36. The third-order valence-electron chi connectivity index (χ3n) is 5.05. The number of aliphatic hydroxyl groups is 4. The molecule has 3 aromatic rings.